The number of carbonyl (C=O) groups is 2. The zero-order valence-electron chi connectivity index (χ0n) is 13.0. The molecule has 122 valence electrons. The predicted molar refractivity (Wildman–Crippen MR) is 82.0 cm³/mol. The zero-order valence-corrected chi connectivity index (χ0v) is 13.0. The summed E-state index contributed by atoms with van der Waals surface area (Å²) in [5, 5.41) is 4.23. The Balaban J connectivity index is 1.73. The first-order valence-corrected chi connectivity index (χ1v) is 7.55. The molecule has 0 spiro atoms. The monoisotopic (exact) mass is 317 g/mol. The minimum absolute atomic E-state index is 0.0604. The van der Waals surface area contributed by atoms with Gasteiger partial charge in [0, 0.05) is 45.2 Å². The van der Waals surface area contributed by atoms with Crippen LogP contribution in [0.2, 0.25) is 0 Å². The number of nitrogens with zero attached hydrogens (tertiary/aromatic N) is 5. The van der Waals surface area contributed by atoms with Crippen molar-refractivity contribution in [1.82, 2.24) is 24.4 Å². The van der Waals surface area contributed by atoms with Crippen LogP contribution in [0.5, 0.6) is 0 Å². The van der Waals surface area contributed by atoms with E-state index < -0.39 is 0 Å². The molecule has 0 atom stereocenters. The molecule has 0 saturated carbocycles. The van der Waals surface area contributed by atoms with Crippen molar-refractivity contribution < 1.29 is 14.3 Å². The van der Waals surface area contributed by atoms with Gasteiger partial charge in [0.15, 0.2) is 11.3 Å². The van der Waals surface area contributed by atoms with E-state index >= 15 is 0 Å². The van der Waals surface area contributed by atoms with Gasteiger partial charge in [-0.05, 0) is 12.5 Å². The molecule has 3 rings (SSSR count). The van der Waals surface area contributed by atoms with E-state index in [9.17, 15) is 9.59 Å². The molecule has 2 aromatic heterocycles. The standard InChI is InChI=1S/C15H19N5O3/c1-23-9-8-18-5-3-6-19(11-14(18)21)15(22)12-10-13-16-4-2-7-20(13)17-12/h2,4,7,10H,3,5-6,8-9,11H2,1H3. The number of aromatic nitrogens is 3. The normalized spacial score (nSPS) is 16.0. The fourth-order valence-electron chi connectivity index (χ4n) is 2.63. The van der Waals surface area contributed by atoms with E-state index in [1.807, 2.05) is 0 Å². The third kappa shape index (κ3) is 3.31. The van der Waals surface area contributed by atoms with Gasteiger partial charge in [0.2, 0.25) is 5.91 Å². The van der Waals surface area contributed by atoms with Crippen LogP contribution in [0.15, 0.2) is 24.5 Å². The molecule has 8 heteroatoms. The Hall–Kier alpha value is -2.48. The van der Waals surface area contributed by atoms with Crippen LogP contribution in [0.4, 0.5) is 0 Å². The number of carbonyl (C=O) groups excluding carboxylic acids is 2. The Bertz CT molecular complexity index is 681. The third-order valence-corrected chi connectivity index (χ3v) is 3.84. The minimum atomic E-state index is -0.238. The molecule has 1 aliphatic heterocycles. The molecule has 1 aliphatic rings. The van der Waals surface area contributed by atoms with E-state index in [1.165, 1.54) is 0 Å². The summed E-state index contributed by atoms with van der Waals surface area (Å²) in [6, 6.07) is 3.39. The molecule has 2 aromatic rings. The number of fused-ring (bicyclic) bond motifs is 1. The van der Waals surface area contributed by atoms with Crippen molar-refractivity contribution >= 4 is 17.5 Å². The van der Waals surface area contributed by atoms with Crippen molar-refractivity contribution in [2.24, 2.45) is 0 Å². The highest BCUT2D eigenvalue weighted by Crippen LogP contribution is 2.10. The van der Waals surface area contributed by atoms with Gasteiger partial charge in [0.1, 0.15) is 6.54 Å². The lowest BCUT2D eigenvalue weighted by atomic mass is 10.3. The van der Waals surface area contributed by atoms with Crippen LogP contribution in [0, 0.1) is 0 Å². The Morgan fingerprint density at radius 2 is 2.26 bits per heavy atom. The first kappa shape index (κ1) is 15.4. The second-order valence-corrected chi connectivity index (χ2v) is 5.41. The summed E-state index contributed by atoms with van der Waals surface area (Å²) in [7, 11) is 1.61. The molecule has 0 N–H and O–H groups in total. The quantitative estimate of drug-likeness (QED) is 0.796. The first-order valence-electron chi connectivity index (χ1n) is 7.55. The topological polar surface area (TPSA) is 80.0 Å². The van der Waals surface area contributed by atoms with Crippen molar-refractivity contribution in [3.63, 3.8) is 0 Å². The fourth-order valence-corrected chi connectivity index (χ4v) is 2.63. The summed E-state index contributed by atoms with van der Waals surface area (Å²) in [5.74, 6) is -0.299. The molecule has 2 amide bonds. The molecule has 0 aliphatic carbocycles. The molecule has 0 bridgehead atoms. The Labute approximate surface area is 133 Å². The number of hydrogen-bond acceptors (Lipinski definition) is 5. The average molecular weight is 317 g/mol. The van der Waals surface area contributed by atoms with Crippen molar-refractivity contribution in [3.8, 4) is 0 Å². The maximum atomic E-state index is 12.6. The van der Waals surface area contributed by atoms with Gasteiger partial charge in [0.25, 0.3) is 5.91 Å². The lowest BCUT2D eigenvalue weighted by Crippen LogP contribution is -2.40. The van der Waals surface area contributed by atoms with E-state index in [4.69, 9.17) is 4.74 Å². The molecular weight excluding hydrogens is 298 g/mol. The van der Waals surface area contributed by atoms with Crippen molar-refractivity contribution in [2.45, 2.75) is 6.42 Å². The second kappa shape index (κ2) is 6.74. The smallest absolute Gasteiger partial charge is 0.274 e. The summed E-state index contributed by atoms with van der Waals surface area (Å²) in [6.07, 6.45) is 4.13. The summed E-state index contributed by atoms with van der Waals surface area (Å²) >= 11 is 0. The highest BCUT2D eigenvalue weighted by Gasteiger charge is 2.26. The first-order chi connectivity index (χ1) is 11.2. The zero-order chi connectivity index (χ0) is 16.2. The Morgan fingerprint density at radius 3 is 3.04 bits per heavy atom. The predicted octanol–water partition coefficient (Wildman–Crippen LogP) is 0.0502. The lowest BCUT2D eigenvalue weighted by molar-refractivity contribution is -0.131. The van der Waals surface area contributed by atoms with Crippen LogP contribution in [0.25, 0.3) is 5.65 Å². The van der Waals surface area contributed by atoms with Gasteiger partial charge in [-0.3, -0.25) is 9.59 Å². The van der Waals surface area contributed by atoms with Gasteiger partial charge in [-0.25, -0.2) is 9.50 Å². The number of hydrogen-bond donors (Lipinski definition) is 0. The van der Waals surface area contributed by atoms with Gasteiger partial charge in [0.05, 0.1) is 6.61 Å². The number of amides is 2. The third-order valence-electron chi connectivity index (χ3n) is 3.84. The van der Waals surface area contributed by atoms with Crippen LogP contribution in [-0.4, -0.2) is 76.1 Å². The van der Waals surface area contributed by atoms with Gasteiger partial charge in [-0.1, -0.05) is 0 Å². The van der Waals surface area contributed by atoms with Gasteiger partial charge in [-0.2, -0.15) is 5.10 Å². The maximum absolute atomic E-state index is 12.6. The van der Waals surface area contributed by atoms with Crippen LogP contribution in [-0.2, 0) is 9.53 Å². The lowest BCUT2D eigenvalue weighted by Gasteiger charge is -2.21. The maximum Gasteiger partial charge on any atom is 0.274 e. The molecular formula is C15H19N5O3. The van der Waals surface area contributed by atoms with Crippen LogP contribution in [0.3, 0.4) is 0 Å². The van der Waals surface area contributed by atoms with Gasteiger partial charge < -0.3 is 14.5 Å². The SMILES string of the molecule is COCCN1CCCN(C(=O)c2cc3ncccn3n2)CC1=O. The molecule has 3 heterocycles. The molecule has 0 radical (unpaired) electrons. The number of rotatable bonds is 4. The summed E-state index contributed by atoms with van der Waals surface area (Å²) in [4.78, 5) is 32.3. The van der Waals surface area contributed by atoms with E-state index in [1.54, 1.807) is 46.0 Å². The summed E-state index contributed by atoms with van der Waals surface area (Å²) in [6.45, 7) is 2.30. The summed E-state index contributed by atoms with van der Waals surface area (Å²) < 4.78 is 6.57. The fraction of sp³-hybridized carbons (Fsp3) is 0.467. The highest BCUT2D eigenvalue weighted by molar-refractivity contribution is 5.96. The van der Waals surface area contributed by atoms with Crippen LogP contribution >= 0.6 is 0 Å². The number of ether oxygens (including phenoxy) is 1. The highest BCUT2D eigenvalue weighted by atomic mass is 16.5. The van der Waals surface area contributed by atoms with Gasteiger partial charge >= 0.3 is 0 Å². The van der Waals surface area contributed by atoms with Gasteiger partial charge in [-0.15, -0.1) is 0 Å². The molecule has 23 heavy (non-hydrogen) atoms. The van der Waals surface area contributed by atoms with E-state index in [0.717, 1.165) is 6.42 Å². The van der Waals surface area contributed by atoms with E-state index in [0.29, 0.717) is 37.6 Å². The molecule has 1 saturated heterocycles. The number of methoxy groups -OCH3 is 1. The van der Waals surface area contributed by atoms with Crippen LogP contribution in [0.1, 0.15) is 16.9 Å². The molecule has 0 aromatic carbocycles. The molecule has 1 fully saturated rings. The van der Waals surface area contributed by atoms with Crippen molar-refractivity contribution in [1.29, 1.82) is 0 Å². The van der Waals surface area contributed by atoms with Crippen LogP contribution < -0.4 is 0 Å². The Morgan fingerprint density at radius 1 is 1.39 bits per heavy atom. The van der Waals surface area contributed by atoms with E-state index in [2.05, 4.69) is 10.1 Å². The largest absolute Gasteiger partial charge is 0.383 e. The minimum Gasteiger partial charge on any atom is -0.383 e. The molecule has 8 nitrogen and oxygen atoms in total. The average Bonchev–Trinajstić information content (AvgIpc) is 2.91. The van der Waals surface area contributed by atoms with E-state index in [-0.39, 0.29) is 18.4 Å². The van der Waals surface area contributed by atoms with Crippen molar-refractivity contribution in [3.05, 3.63) is 30.2 Å². The van der Waals surface area contributed by atoms with Crippen molar-refractivity contribution in [2.75, 3.05) is 39.9 Å². The molecule has 0 unspecified atom stereocenters. The Kier molecular flexibility index (Phi) is 4.52. The summed E-state index contributed by atoms with van der Waals surface area (Å²) in [5.41, 5.74) is 0.917. The second-order valence-electron chi connectivity index (χ2n) is 5.41.